The van der Waals surface area contributed by atoms with Crippen molar-refractivity contribution in [3.05, 3.63) is 51.5 Å². The average Bonchev–Trinajstić information content (AvgIpc) is 2.10. The van der Waals surface area contributed by atoms with Crippen LogP contribution in [0.2, 0.25) is 0 Å². The van der Waals surface area contributed by atoms with Gasteiger partial charge in [-0.1, -0.05) is 0 Å². The van der Waals surface area contributed by atoms with Crippen LogP contribution in [0.25, 0.3) is 6.08 Å². The van der Waals surface area contributed by atoms with Crippen LogP contribution in [0.5, 0.6) is 0 Å². The van der Waals surface area contributed by atoms with Gasteiger partial charge in [0.1, 0.15) is 0 Å². The van der Waals surface area contributed by atoms with E-state index in [0.29, 0.717) is 18.3 Å². The van der Waals surface area contributed by atoms with Gasteiger partial charge in [-0.05, 0) is 17.7 Å². The topological polar surface area (TPSA) is 43.1 Å². The Labute approximate surface area is 76.6 Å². The van der Waals surface area contributed by atoms with Crippen molar-refractivity contribution in [3.8, 4) is 0 Å². The normalized spacial score (nSPS) is 10.8. The highest BCUT2D eigenvalue weighted by molar-refractivity contribution is 5.48. The molecule has 0 aliphatic carbocycles. The fourth-order valence-corrected chi connectivity index (χ4v) is 0.818. The van der Waals surface area contributed by atoms with Gasteiger partial charge in [0.2, 0.25) is 6.20 Å². The number of hydrogen-bond acceptors (Lipinski definition) is 2. The van der Waals surface area contributed by atoms with Crippen molar-refractivity contribution >= 4 is 6.08 Å². The monoisotopic (exact) mass is 203 g/mol. The smallest absolute Gasteiger partial charge is 0.235 e. The Morgan fingerprint density at radius 3 is 2.14 bits per heavy atom. The Morgan fingerprint density at radius 2 is 1.71 bits per heavy atom. The van der Waals surface area contributed by atoms with Gasteiger partial charge in [0.25, 0.3) is 0 Å². The van der Waals surface area contributed by atoms with E-state index in [-0.39, 0.29) is 5.56 Å². The van der Waals surface area contributed by atoms with Crippen molar-refractivity contribution < 1.29 is 18.1 Å². The molecule has 0 saturated carbocycles. The summed E-state index contributed by atoms with van der Waals surface area (Å²) < 4.78 is 37.5. The van der Waals surface area contributed by atoms with E-state index in [1.807, 2.05) is 0 Å². The van der Waals surface area contributed by atoms with Gasteiger partial charge in [-0.3, -0.25) is 10.1 Å². The van der Waals surface area contributed by atoms with Crippen LogP contribution < -0.4 is 0 Å². The zero-order valence-electron chi connectivity index (χ0n) is 6.71. The molecule has 1 aromatic rings. The molecule has 0 N–H and O–H groups in total. The van der Waals surface area contributed by atoms with Gasteiger partial charge in [-0.25, -0.2) is 13.2 Å². The van der Waals surface area contributed by atoms with E-state index in [9.17, 15) is 23.3 Å². The van der Waals surface area contributed by atoms with E-state index in [2.05, 4.69) is 0 Å². The Bertz CT molecular complexity index is 381. The minimum absolute atomic E-state index is 0.113. The molecular weight excluding hydrogens is 199 g/mol. The SMILES string of the molecule is O=[N+]([O-])C=Cc1cc(F)c(F)c(F)c1. The van der Waals surface area contributed by atoms with Gasteiger partial charge in [-0.15, -0.1) is 0 Å². The molecule has 0 aliphatic rings. The fourth-order valence-electron chi connectivity index (χ4n) is 0.818. The Hall–Kier alpha value is -1.85. The lowest BCUT2D eigenvalue weighted by atomic mass is 10.2. The summed E-state index contributed by atoms with van der Waals surface area (Å²) >= 11 is 0. The molecule has 0 aliphatic heterocycles. The predicted molar refractivity (Wildman–Crippen MR) is 42.3 cm³/mol. The van der Waals surface area contributed by atoms with Crippen LogP contribution in [-0.2, 0) is 0 Å². The second kappa shape index (κ2) is 3.91. The van der Waals surface area contributed by atoms with Crippen LogP contribution in [0.4, 0.5) is 13.2 Å². The van der Waals surface area contributed by atoms with Gasteiger partial charge < -0.3 is 0 Å². The lowest BCUT2D eigenvalue weighted by molar-refractivity contribution is -0.400. The van der Waals surface area contributed by atoms with E-state index >= 15 is 0 Å². The quantitative estimate of drug-likeness (QED) is 0.420. The number of rotatable bonds is 2. The molecule has 6 heteroatoms. The van der Waals surface area contributed by atoms with Gasteiger partial charge in [0.05, 0.1) is 4.92 Å². The molecular formula is C8H4F3NO2. The van der Waals surface area contributed by atoms with Crippen LogP contribution in [-0.4, -0.2) is 4.92 Å². The molecule has 0 amide bonds. The summed E-state index contributed by atoms with van der Waals surface area (Å²) in [5, 5.41) is 9.87. The molecule has 0 aromatic heterocycles. The molecule has 0 heterocycles. The van der Waals surface area contributed by atoms with Crippen molar-refractivity contribution in [1.29, 1.82) is 0 Å². The summed E-state index contributed by atoms with van der Waals surface area (Å²) in [6.45, 7) is 0. The van der Waals surface area contributed by atoms with Crippen molar-refractivity contribution in [2.24, 2.45) is 0 Å². The molecule has 14 heavy (non-hydrogen) atoms. The third kappa shape index (κ3) is 2.32. The Kier molecular flexibility index (Phi) is 2.85. The summed E-state index contributed by atoms with van der Waals surface area (Å²) in [6, 6.07) is 1.33. The van der Waals surface area contributed by atoms with E-state index < -0.39 is 22.4 Å². The van der Waals surface area contributed by atoms with E-state index in [4.69, 9.17) is 0 Å². The Balaban J connectivity index is 3.07. The van der Waals surface area contributed by atoms with Crippen molar-refractivity contribution in [1.82, 2.24) is 0 Å². The minimum atomic E-state index is -1.59. The minimum Gasteiger partial charge on any atom is -0.259 e. The predicted octanol–water partition coefficient (Wildman–Crippen LogP) is 2.35. The third-order valence-corrected chi connectivity index (χ3v) is 1.39. The summed E-state index contributed by atoms with van der Waals surface area (Å²) in [6.07, 6.45) is 1.37. The molecule has 1 aromatic carbocycles. The molecule has 74 valence electrons. The number of nitro groups is 1. The first kappa shape index (κ1) is 10.2. The number of benzene rings is 1. The summed E-state index contributed by atoms with van der Waals surface area (Å²) in [5.74, 6) is -4.36. The highest BCUT2D eigenvalue weighted by atomic mass is 19.2. The van der Waals surface area contributed by atoms with Crippen LogP contribution in [0.15, 0.2) is 18.3 Å². The Morgan fingerprint density at radius 1 is 1.21 bits per heavy atom. The zero-order chi connectivity index (χ0) is 10.7. The third-order valence-electron chi connectivity index (χ3n) is 1.39. The number of halogens is 3. The van der Waals surface area contributed by atoms with Gasteiger partial charge in [0, 0.05) is 6.08 Å². The molecule has 0 fully saturated rings. The fraction of sp³-hybridized carbons (Fsp3) is 0. The summed E-state index contributed by atoms with van der Waals surface area (Å²) in [5.41, 5.74) is -0.113. The lowest BCUT2D eigenvalue weighted by Gasteiger charge is -1.96. The first-order valence-corrected chi connectivity index (χ1v) is 3.47. The zero-order valence-corrected chi connectivity index (χ0v) is 6.71. The largest absolute Gasteiger partial charge is 0.259 e. The molecule has 0 atom stereocenters. The molecule has 0 saturated heterocycles. The van der Waals surface area contributed by atoms with Crippen LogP contribution in [0, 0.1) is 27.6 Å². The second-order valence-corrected chi connectivity index (χ2v) is 2.40. The van der Waals surface area contributed by atoms with Gasteiger partial charge in [0.15, 0.2) is 17.5 Å². The maximum atomic E-state index is 12.5. The molecule has 0 radical (unpaired) electrons. The van der Waals surface area contributed by atoms with E-state index in [1.54, 1.807) is 0 Å². The first-order chi connectivity index (χ1) is 6.50. The van der Waals surface area contributed by atoms with Crippen molar-refractivity contribution in [3.63, 3.8) is 0 Å². The average molecular weight is 203 g/mol. The van der Waals surface area contributed by atoms with Crippen molar-refractivity contribution in [2.75, 3.05) is 0 Å². The molecule has 0 bridgehead atoms. The summed E-state index contributed by atoms with van der Waals surface area (Å²) in [4.78, 5) is 9.07. The second-order valence-electron chi connectivity index (χ2n) is 2.40. The van der Waals surface area contributed by atoms with Gasteiger partial charge >= 0.3 is 0 Å². The van der Waals surface area contributed by atoms with Crippen LogP contribution in [0.1, 0.15) is 5.56 Å². The lowest BCUT2D eigenvalue weighted by Crippen LogP contribution is -1.91. The van der Waals surface area contributed by atoms with E-state index in [1.165, 1.54) is 0 Å². The summed E-state index contributed by atoms with van der Waals surface area (Å²) in [7, 11) is 0. The van der Waals surface area contributed by atoms with Gasteiger partial charge in [-0.2, -0.15) is 0 Å². The van der Waals surface area contributed by atoms with E-state index in [0.717, 1.165) is 6.08 Å². The highest BCUT2D eigenvalue weighted by Gasteiger charge is 2.09. The molecule has 3 nitrogen and oxygen atoms in total. The first-order valence-electron chi connectivity index (χ1n) is 3.47. The molecule has 0 unspecified atom stereocenters. The van der Waals surface area contributed by atoms with Crippen LogP contribution in [0.3, 0.4) is 0 Å². The number of hydrogen-bond donors (Lipinski definition) is 0. The maximum Gasteiger partial charge on any atom is 0.235 e. The number of nitrogens with zero attached hydrogens (tertiary/aromatic N) is 1. The molecule has 1 rings (SSSR count). The maximum absolute atomic E-state index is 12.5. The molecule has 0 spiro atoms. The van der Waals surface area contributed by atoms with Crippen LogP contribution >= 0.6 is 0 Å². The van der Waals surface area contributed by atoms with Crippen molar-refractivity contribution in [2.45, 2.75) is 0 Å². The highest BCUT2D eigenvalue weighted by Crippen LogP contribution is 2.14. The standard InChI is InChI=1S/C8H4F3NO2/c9-6-3-5(1-2-12(13)14)4-7(10)8(6)11/h1-4H.